The molecule has 1 heteroatoms. The lowest BCUT2D eigenvalue weighted by Crippen LogP contribution is -1.99. The molecule has 0 saturated heterocycles. The van der Waals surface area contributed by atoms with E-state index in [1.54, 1.807) is 0 Å². The van der Waals surface area contributed by atoms with Crippen molar-refractivity contribution in [1.82, 2.24) is 4.98 Å². The molecule has 0 spiro atoms. The molecule has 0 bridgehead atoms. The highest BCUT2D eigenvalue weighted by Crippen LogP contribution is 2.20. The lowest BCUT2D eigenvalue weighted by molar-refractivity contribution is 0.822. The summed E-state index contributed by atoms with van der Waals surface area (Å²) in [5.41, 5.74) is 4.09. The minimum absolute atomic E-state index is 0.593. The first-order valence-corrected chi connectivity index (χ1v) is 6.25. The maximum Gasteiger partial charge on any atom is 0.0406 e. The van der Waals surface area contributed by atoms with E-state index < -0.39 is 0 Å². The van der Waals surface area contributed by atoms with E-state index in [4.69, 9.17) is 0 Å². The van der Waals surface area contributed by atoms with Crippen LogP contribution in [0.5, 0.6) is 0 Å². The van der Waals surface area contributed by atoms with Crippen molar-refractivity contribution in [2.24, 2.45) is 0 Å². The Morgan fingerprint density at radius 3 is 2.41 bits per heavy atom. The summed E-state index contributed by atoms with van der Waals surface area (Å²) in [5, 5.41) is 0. The van der Waals surface area contributed by atoms with E-state index in [0.29, 0.717) is 5.92 Å². The van der Waals surface area contributed by atoms with Crippen LogP contribution in [-0.4, -0.2) is 4.98 Å². The van der Waals surface area contributed by atoms with Crippen molar-refractivity contribution in [2.75, 3.05) is 0 Å². The Bertz CT molecular complexity index is 460. The number of nitrogens with zero attached hydrogens (tertiary/aromatic N) is 1. The third kappa shape index (κ3) is 3.16. The smallest absolute Gasteiger partial charge is 0.0406 e. The molecule has 0 aliphatic heterocycles. The average Bonchev–Trinajstić information content (AvgIpc) is 2.38. The van der Waals surface area contributed by atoms with Gasteiger partial charge in [0.1, 0.15) is 0 Å². The van der Waals surface area contributed by atoms with E-state index in [0.717, 1.165) is 12.8 Å². The van der Waals surface area contributed by atoms with E-state index in [1.165, 1.54) is 16.8 Å². The Balaban J connectivity index is 2.09. The highest BCUT2D eigenvalue weighted by atomic mass is 14.7. The van der Waals surface area contributed by atoms with Crippen LogP contribution in [0.2, 0.25) is 0 Å². The zero-order valence-electron chi connectivity index (χ0n) is 10.6. The molecule has 0 radical (unpaired) electrons. The zero-order chi connectivity index (χ0) is 12.1. The molecule has 0 saturated carbocycles. The van der Waals surface area contributed by atoms with Crippen molar-refractivity contribution in [3.05, 3.63) is 65.5 Å². The third-order valence-electron chi connectivity index (χ3n) is 3.05. The number of hydrogen-bond acceptors (Lipinski definition) is 1. The quantitative estimate of drug-likeness (QED) is 0.766. The molecule has 0 amide bonds. The summed E-state index contributed by atoms with van der Waals surface area (Å²) < 4.78 is 0. The Morgan fingerprint density at radius 1 is 0.941 bits per heavy atom. The summed E-state index contributed by atoms with van der Waals surface area (Å²) in [5.74, 6) is 0.593. The van der Waals surface area contributed by atoms with Crippen LogP contribution in [0.15, 0.2) is 48.7 Å². The van der Waals surface area contributed by atoms with E-state index in [9.17, 15) is 0 Å². The van der Waals surface area contributed by atoms with Gasteiger partial charge in [-0.25, -0.2) is 0 Å². The van der Waals surface area contributed by atoms with Gasteiger partial charge in [-0.1, -0.05) is 44.2 Å². The molecule has 0 unspecified atom stereocenters. The number of aromatic nitrogens is 1. The second-order valence-corrected chi connectivity index (χ2v) is 4.67. The number of rotatable bonds is 4. The average molecular weight is 225 g/mol. The molecule has 1 heterocycles. The van der Waals surface area contributed by atoms with Crippen LogP contribution < -0.4 is 0 Å². The molecule has 1 nitrogen and oxygen atoms in total. The standard InChI is InChI=1S/C16H19N/c1-13(2)16-9-4-3-7-14(16)10-11-15-8-5-6-12-17-15/h3-9,12-13H,10-11H2,1-2H3. The van der Waals surface area contributed by atoms with Crippen LogP contribution in [0.4, 0.5) is 0 Å². The van der Waals surface area contributed by atoms with Crippen molar-refractivity contribution in [3.63, 3.8) is 0 Å². The van der Waals surface area contributed by atoms with Gasteiger partial charge in [0.2, 0.25) is 0 Å². The molecule has 1 aromatic carbocycles. The molecule has 0 N–H and O–H groups in total. The highest BCUT2D eigenvalue weighted by molar-refractivity contribution is 5.30. The maximum absolute atomic E-state index is 4.37. The lowest BCUT2D eigenvalue weighted by Gasteiger charge is -2.12. The van der Waals surface area contributed by atoms with Gasteiger partial charge in [-0.15, -0.1) is 0 Å². The molecular weight excluding hydrogens is 206 g/mol. The second kappa shape index (κ2) is 5.62. The second-order valence-electron chi connectivity index (χ2n) is 4.67. The van der Waals surface area contributed by atoms with E-state index in [-0.39, 0.29) is 0 Å². The van der Waals surface area contributed by atoms with Gasteiger partial charge in [-0.05, 0) is 42.0 Å². The van der Waals surface area contributed by atoms with Crippen LogP contribution >= 0.6 is 0 Å². The summed E-state index contributed by atoms with van der Waals surface area (Å²) in [6.45, 7) is 4.50. The largest absolute Gasteiger partial charge is 0.261 e. The van der Waals surface area contributed by atoms with Crippen LogP contribution in [0, 0.1) is 0 Å². The van der Waals surface area contributed by atoms with Crippen molar-refractivity contribution in [2.45, 2.75) is 32.6 Å². The lowest BCUT2D eigenvalue weighted by atomic mass is 9.94. The summed E-state index contributed by atoms with van der Waals surface area (Å²) in [6.07, 6.45) is 3.96. The van der Waals surface area contributed by atoms with Crippen LogP contribution in [0.25, 0.3) is 0 Å². The minimum Gasteiger partial charge on any atom is -0.261 e. The molecule has 17 heavy (non-hydrogen) atoms. The molecular formula is C16H19N. The van der Waals surface area contributed by atoms with Crippen molar-refractivity contribution in [1.29, 1.82) is 0 Å². The topological polar surface area (TPSA) is 12.9 Å². The van der Waals surface area contributed by atoms with Crippen LogP contribution in [-0.2, 0) is 12.8 Å². The van der Waals surface area contributed by atoms with Crippen LogP contribution in [0.1, 0.15) is 36.6 Å². The fraction of sp³-hybridized carbons (Fsp3) is 0.312. The monoisotopic (exact) mass is 225 g/mol. The SMILES string of the molecule is CC(C)c1ccccc1CCc1ccccn1. The van der Waals surface area contributed by atoms with Crippen molar-refractivity contribution in [3.8, 4) is 0 Å². The van der Waals surface area contributed by atoms with Gasteiger partial charge in [0.15, 0.2) is 0 Å². The first-order chi connectivity index (χ1) is 8.27. The van der Waals surface area contributed by atoms with Gasteiger partial charge in [-0.2, -0.15) is 0 Å². The van der Waals surface area contributed by atoms with Crippen molar-refractivity contribution >= 4 is 0 Å². The molecule has 0 aliphatic rings. The molecule has 2 aromatic rings. The third-order valence-corrected chi connectivity index (χ3v) is 3.05. The normalized spacial score (nSPS) is 10.8. The molecule has 1 aromatic heterocycles. The van der Waals surface area contributed by atoms with Gasteiger partial charge >= 0.3 is 0 Å². The summed E-state index contributed by atoms with van der Waals surface area (Å²) >= 11 is 0. The Kier molecular flexibility index (Phi) is 3.92. The fourth-order valence-corrected chi connectivity index (χ4v) is 2.13. The Hall–Kier alpha value is -1.63. The Labute approximate surface area is 104 Å². The van der Waals surface area contributed by atoms with Gasteiger partial charge in [0, 0.05) is 11.9 Å². The van der Waals surface area contributed by atoms with E-state index >= 15 is 0 Å². The first kappa shape index (κ1) is 11.8. The van der Waals surface area contributed by atoms with Crippen LogP contribution in [0.3, 0.4) is 0 Å². The van der Waals surface area contributed by atoms with Gasteiger partial charge in [-0.3, -0.25) is 4.98 Å². The Morgan fingerprint density at radius 2 is 1.71 bits per heavy atom. The minimum atomic E-state index is 0.593. The van der Waals surface area contributed by atoms with E-state index in [2.05, 4.69) is 55.2 Å². The number of pyridine rings is 1. The summed E-state index contributed by atoms with van der Waals surface area (Å²) in [6, 6.07) is 14.8. The summed E-state index contributed by atoms with van der Waals surface area (Å²) in [7, 11) is 0. The number of benzene rings is 1. The number of aryl methyl sites for hydroxylation is 2. The number of hydrogen-bond donors (Lipinski definition) is 0. The van der Waals surface area contributed by atoms with Gasteiger partial charge < -0.3 is 0 Å². The van der Waals surface area contributed by atoms with Crippen molar-refractivity contribution < 1.29 is 0 Å². The first-order valence-electron chi connectivity index (χ1n) is 6.25. The van der Waals surface area contributed by atoms with E-state index in [1.807, 2.05) is 12.3 Å². The molecule has 88 valence electrons. The highest BCUT2D eigenvalue weighted by Gasteiger charge is 2.05. The molecule has 0 atom stereocenters. The maximum atomic E-state index is 4.37. The van der Waals surface area contributed by atoms with Gasteiger partial charge in [0.05, 0.1) is 0 Å². The fourth-order valence-electron chi connectivity index (χ4n) is 2.13. The molecule has 2 rings (SSSR count). The predicted octanol–water partition coefficient (Wildman–Crippen LogP) is 3.99. The van der Waals surface area contributed by atoms with Gasteiger partial charge in [0.25, 0.3) is 0 Å². The predicted molar refractivity (Wildman–Crippen MR) is 72.2 cm³/mol. The summed E-state index contributed by atoms with van der Waals surface area (Å²) in [4.78, 5) is 4.37. The molecule has 0 aliphatic carbocycles. The zero-order valence-corrected chi connectivity index (χ0v) is 10.6. The molecule has 0 fully saturated rings.